The van der Waals surface area contributed by atoms with Crippen molar-refractivity contribution < 1.29 is 4.79 Å². The van der Waals surface area contributed by atoms with Gasteiger partial charge in [-0.15, -0.1) is 0 Å². The van der Waals surface area contributed by atoms with Gasteiger partial charge in [-0.1, -0.05) is 32.6 Å². The Kier molecular flexibility index (Phi) is 6.46. The third-order valence-electron chi connectivity index (χ3n) is 3.30. The highest BCUT2D eigenvalue weighted by Gasteiger charge is 2.30. The molecular weight excluding hydrogens is 200 g/mol. The van der Waals surface area contributed by atoms with E-state index in [1.54, 1.807) is 0 Å². The van der Waals surface area contributed by atoms with Gasteiger partial charge in [-0.05, 0) is 25.2 Å². The van der Waals surface area contributed by atoms with Gasteiger partial charge in [0.25, 0.3) is 0 Å². The number of nitrogens with one attached hydrogen (secondary N) is 1. The Bertz CT molecular complexity index is 202. The number of nitrogens with two attached hydrogens (primary N) is 1. The largest absolute Gasteiger partial charge is 0.352 e. The van der Waals surface area contributed by atoms with E-state index in [4.69, 9.17) is 5.73 Å². The van der Waals surface area contributed by atoms with E-state index in [2.05, 4.69) is 12.2 Å². The van der Waals surface area contributed by atoms with Crippen molar-refractivity contribution in [3.8, 4) is 0 Å². The molecule has 0 aromatic rings. The van der Waals surface area contributed by atoms with Crippen molar-refractivity contribution in [1.82, 2.24) is 5.32 Å². The fourth-order valence-electron chi connectivity index (χ4n) is 2.04. The van der Waals surface area contributed by atoms with Gasteiger partial charge in [-0.25, -0.2) is 0 Å². The molecule has 3 N–H and O–H groups in total. The fourth-order valence-corrected chi connectivity index (χ4v) is 2.04. The van der Waals surface area contributed by atoms with E-state index in [0.29, 0.717) is 18.9 Å². The summed E-state index contributed by atoms with van der Waals surface area (Å²) in [6.07, 6.45) is 9.14. The van der Waals surface area contributed by atoms with Crippen molar-refractivity contribution in [1.29, 1.82) is 0 Å². The van der Waals surface area contributed by atoms with Crippen LogP contribution in [0.1, 0.15) is 58.3 Å². The second kappa shape index (κ2) is 7.66. The Morgan fingerprint density at radius 2 is 2.00 bits per heavy atom. The number of rotatable bonds is 9. The maximum Gasteiger partial charge on any atom is 0.220 e. The number of hydrogen-bond acceptors (Lipinski definition) is 2. The van der Waals surface area contributed by atoms with Crippen LogP contribution in [0.5, 0.6) is 0 Å². The lowest BCUT2D eigenvalue weighted by Crippen LogP contribution is -2.41. The van der Waals surface area contributed by atoms with Gasteiger partial charge in [-0.2, -0.15) is 0 Å². The summed E-state index contributed by atoms with van der Waals surface area (Å²) in [7, 11) is 0. The summed E-state index contributed by atoms with van der Waals surface area (Å²) >= 11 is 0. The summed E-state index contributed by atoms with van der Waals surface area (Å²) in [5.41, 5.74) is 5.64. The van der Waals surface area contributed by atoms with Gasteiger partial charge in [-0.3, -0.25) is 4.79 Å². The molecule has 16 heavy (non-hydrogen) atoms. The van der Waals surface area contributed by atoms with Crippen LogP contribution in [0.3, 0.4) is 0 Å². The quantitative estimate of drug-likeness (QED) is 0.592. The van der Waals surface area contributed by atoms with E-state index in [1.165, 1.54) is 38.5 Å². The molecule has 1 aliphatic rings. The van der Waals surface area contributed by atoms with Crippen molar-refractivity contribution in [2.75, 3.05) is 6.54 Å². The highest BCUT2D eigenvalue weighted by molar-refractivity contribution is 5.76. The first-order chi connectivity index (χ1) is 7.77. The van der Waals surface area contributed by atoms with Crippen LogP contribution in [0.25, 0.3) is 0 Å². The molecule has 1 aliphatic carbocycles. The molecule has 0 bridgehead atoms. The molecule has 0 heterocycles. The topological polar surface area (TPSA) is 55.1 Å². The molecule has 94 valence electrons. The molecule has 1 rings (SSSR count). The summed E-state index contributed by atoms with van der Waals surface area (Å²) in [6, 6.07) is 0.239. The Morgan fingerprint density at radius 1 is 1.31 bits per heavy atom. The third-order valence-corrected chi connectivity index (χ3v) is 3.30. The molecule has 3 nitrogen and oxygen atoms in total. The standard InChI is InChI=1S/C13H26N2O/c1-2-3-4-5-6-7-13(16)15-12(10-14)11-8-9-11/h11-12H,2-10,14H2,1H3,(H,15,16). The number of carbonyl (C=O) groups is 1. The Labute approximate surface area is 99.2 Å². The maximum absolute atomic E-state index is 11.6. The normalized spacial score (nSPS) is 17.1. The second-order valence-corrected chi connectivity index (χ2v) is 4.91. The van der Waals surface area contributed by atoms with Gasteiger partial charge in [0.05, 0.1) is 0 Å². The third kappa shape index (κ3) is 5.50. The first kappa shape index (κ1) is 13.5. The van der Waals surface area contributed by atoms with Crippen LogP contribution >= 0.6 is 0 Å². The molecule has 1 fully saturated rings. The van der Waals surface area contributed by atoms with Gasteiger partial charge in [0.15, 0.2) is 0 Å². The van der Waals surface area contributed by atoms with Crippen LogP contribution in [0.2, 0.25) is 0 Å². The van der Waals surface area contributed by atoms with E-state index in [0.717, 1.165) is 6.42 Å². The van der Waals surface area contributed by atoms with Crippen LogP contribution in [-0.2, 0) is 4.79 Å². The van der Waals surface area contributed by atoms with Crippen LogP contribution in [-0.4, -0.2) is 18.5 Å². The molecule has 0 aromatic heterocycles. The molecule has 3 heteroatoms. The van der Waals surface area contributed by atoms with Crippen molar-refractivity contribution in [2.45, 2.75) is 64.3 Å². The molecule has 1 amide bonds. The van der Waals surface area contributed by atoms with Crippen molar-refractivity contribution in [2.24, 2.45) is 11.7 Å². The smallest absolute Gasteiger partial charge is 0.220 e. The summed E-state index contributed by atoms with van der Waals surface area (Å²) in [4.78, 5) is 11.6. The molecule has 1 atom stereocenters. The van der Waals surface area contributed by atoms with E-state index in [1.807, 2.05) is 0 Å². The van der Waals surface area contributed by atoms with E-state index in [9.17, 15) is 4.79 Å². The average Bonchev–Trinajstić information content (AvgIpc) is 3.09. The summed E-state index contributed by atoms with van der Waals surface area (Å²) < 4.78 is 0. The highest BCUT2D eigenvalue weighted by Crippen LogP contribution is 2.32. The van der Waals surface area contributed by atoms with Gasteiger partial charge in [0, 0.05) is 19.0 Å². The molecule has 0 radical (unpaired) electrons. The number of unbranched alkanes of at least 4 members (excludes halogenated alkanes) is 4. The lowest BCUT2D eigenvalue weighted by Gasteiger charge is -2.15. The van der Waals surface area contributed by atoms with E-state index in [-0.39, 0.29) is 11.9 Å². The zero-order valence-corrected chi connectivity index (χ0v) is 10.5. The lowest BCUT2D eigenvalue weighted by atomic mass is 10.1. The lowest BCUT2D eigenvalue weighted by molar-refractivity contribution is -0.122. The van der Waals surface area contributed by atoms with Gasteiger partial charge in [0.1, 0.15) is 0 Å². The zero-order chi connectivity index (χ0) is 11.8. The summed E-state index contributed by atoms with van der Waals surface area (Å²) in [5, 5.41) is 3.06. The van der Waals surface area contributed by atoms with Gasteiger partial charge < -0.3 is 11.1 Å². The molecule has 0 aromatic carbocycles. The SMILES string of the molecule is CCCCCCCC(=O)NC(CN)C1CC1. The van der Waals surface area contributed by atoms with Crippen LogP contribution in [0.4, 0.5) is 0 Å². The van der Waals surface area contributed by atoms with E-state index < -0.39 is 0 Å². The minimum absolute atomic E-state index is 0.193. The average molecular weight is 226 g/mol. The number of carbonyl (C=O) groups excluding carboxylic acids is 1. The monoisotopic (exact) mass is 226 g/mol. The van der Waals surface area contributed by atoms with Crippen molar-refractivity contribution >= 4 is 5.91 Å². The maximum atomic E-state index is 11.6. The fraction of sp³-hybridized carbons (Fsp3) is 0.923. The minimum Gasteiger partial charge on any atom is -0.352 e. The Morgan fingerprint density at radius 3 is 2.56 bits per heavy atom. The molecule has 1 unspecified atom stereocenters. The highest BCUT2D eigenvalue weighted by atomic mass is 16.1. The van der Waals surface area contributed by atoms with Crippen LogP contribution in [0.15, 0.2) is 0 Å². The second-order valence-electron chi connectivity index (χ2n) is 4.91. The molecular formula is C13H26N2O. The zero-order valence-electron chi connectivity index (χ0n) is 10.5. The number of hydrogen-bond donors (Lipinski definition) is 2. The molecule has 0 aliphatic heterocycles. The predicted octanol–water partition coefficient (Wildman–Crippen LogP) is 2.20. The predicted molar refractivity (Wildman–Crippen MR) is 67.1 cm³/mol. The summed E-state index contributed by atoms with van der Waals surface area (Å²) in [6.45, 7) is 2.79. The molecule has 1 saturated carbocycles. The number of amides is 1. The van der Waals surface area contributed by atoms with E-state index >= 15 is 0 Å². The Balaban J connectivity index is 2.01. The van der Waals surface area contributed by atoms with Crippen molar-refractivity contribution in [3.63, 3.8) is 0 Å². The van der Waals surface area contributed by atoms with Gasteiger partial charge >= 0.3 is 0 Å². The molecule has 0 spiro atoms. The first-order valence-corrected chi connectivity index (χ1v) is 6.77. The van der Waals surface area contributed by atoms with Crippen LogP contribution < -0.4 is 11.1 Å². The van der Waals surface area contributed by atoms with Gasteiger partial charge in [0.2, 0.25) is 5.91 Å². The Hall–Kier alpha value is -0.570. The van der Waals surface area contributed by atoms with Crippen molar-refractivity contribution in [3.05, 3.63) is 0 Å². The first-order valence-electron chi connectivity index (χ1n) is 6.77. The minimum atomic E-state index is 0.193. The van der Waals surface area contributed by atoms with Crippen LogP contribution in [0, 0.1) is 5.92 Å². The molecule has 0 saturated heterocycles. The summed E-state index contributed by atoms with van der Waals surface area (Å²) in [5.74, 6) is 0.855.